The van der Waals surface area contributed by atoms with Crippen molar-refractivity contribution < 1.29 is 17.9 Å². The normalized spacial score (nSPS) is 12.9. The molecule has 0 amide bonds. The number of esters is 1. The fourth-order valence-corrected chi connectivity index (χ4v) is 3.75. The van der Waals surface area contributed by atoms with Gasteiger partial charge in [-0.2, -0.15) is 4.72 Å². The molecule has 0 radical (unpaired) electrons. The van der Waals surface area contributed by atoms with E-state index in [1.165, 1.54) is 19.1 Å². The molecule has 0 unspecified atom stereocenters. The summed E-state index contributed by atoms with van der Waals surface area (Å²) in [6, 6.07) is 12.4. The Morgan fingerprint density at radius 3 is 2.56 bits per heavy atom. The third kappa shape index (κ3) is 3.92. The van der Waals surface area contributed by atoms with E-state index in [1.807, 2.05) is 24.3 Å². The number of rotatable bonds is 5. The molecule has 25 heavy (non-hydrogen) atoms. The highest BCUT2D eigenvalue weighted by Crippen LogP contribution is 2.25. The molecule has 0 bridgehead atoms. The molecule has 2 N–H and O–H groups in total. The molecule has 0 fully saturated rings. The van der Waals surface area contributed by atoms with E-state index in [2.05, 4.69) is 25.6 Å². The van der Waals surface area contributed by atoms with Crippen molar-refractivity contribution in [2.75, 3.05) is 0 Å². The first-order valence-corrected chi connectivity index (χ1v) is 9.70. The van der Waals surface area contributed by atoms with Crippen LogP contribution in [0.3, 0.4) is 0 Å². The van der Waals surface area contributed by atoms with E-state index in [1.54, 1.807) is 18.3 Å². The maximum atomic E-state index is 12.3. The number of hydrogen-bond acceptors (Lipinski definition) is 4. The van der Waals surface area contributed by atoms with Gasteiger partial charge in [-0.3, -0.25) is 0 Å². The predicted octanol–water partition coefficient (Wildman–Crippen LogP) is 3.20. The van der Waals surface area contributed by atoms with Crippen molar-refractivity contribution in [1.29, 1.82) is 0 Å². The second-order valence-corrected chi connectivity index (χ2v) is 8.05. The molecule has 6 nitrogen and oxygen atoms in total. The first-order valence-electron chi connectivity index (χ1n) is 7.42. The highest BCUT2D eigenvalue weighted by molar-refractivity contribution is 9.10. The largest absolute Gasteiger partial charge is 0.423 e. The van der Waals surface area contributed by atoms with Gasteiger partial charge < -0.3 is 9.72 Å². The Labute approximate surface area is 153 Å². The van der Waals surface area contributed by atoms with E-state index < -0.39 is 22.0 Å². The third-order valence-electron chi connectivity index (χ3n) is 3.57. The van der Waals surface area contributed by atoms with Crippen LogP contribution < -0.4 is 9.46 Å². The van der Waals surface area contributed by atoms with Crippen LogP contribution in [0.1, 0.15) is 6.92 Å². The zero-order valence-electron chi connectivity index (χ0n) is 13.2. The van der Waals surface area contributed by atoms with Crippen LogP contribution in [0.5, 0.6) is 5.75 Å². The summed E-state index contributed by atoms with van der Waals surface area (Å²) in [4.78, 5) is 15.3. The Kier molecular flexibility index (Phi) is 4.94. The second-order valence-electron chi connectivity index (χ2n) is 5.42. The molecule has 130 valence electrons. The lowest BCUT2D eigenvalue weighted by atomic mass is 10.2. The number of carbonyl (C=O) groups is 1. The number of carbonyl (C=O) groups excluding carboxylic acids is 1. The maximum Gasteiger partial charge on any atom is 0.329 e. The zero-order chi connectivity index (χ0) is 18.0. The van der Waals surface area contributed by atoms with Gasteiger partial charge in [-0.15, -0.1) is 0 Å². The molecule has 8 heteroatoms. The van der Waals surface area contributed by atoms with Crippen LogP contribution >= 0.6 is 15.9 Å². The molecule has 0 aliphatic carbocycles. The van der Waals surface area contributed by atoms with Crippen molar-refractivity contribution in [2.24, 2.45) is 0 Å². The average Bonchev–Trinajstić information content (AvgIpc) is 2.98. The highest BCUT2D eigenvalue weighted by atomic mass is 79.9. The van der Waals surface area contributed by atoms with Crippen molar-refractivity contribution in [3.05, 3.63) is 59.2 Å². The van der Waals surface area contributed by atoms with E-state index in [-0.39, 0.29) is 4.90 Å². The molecule has 3 rings (SSSR count). The Bertz CT molecular complexity index is 1010. The number of sulfonamides is 1. The fraction of sp³-hybridized carbons (Fsp3) is 0.118. The van der Waals surface area contributed by atoms with Gasteiger partial charge in [0.05, 0.1) is 4.90 Å². The molecule has 1 atom stereocenters. The summed E-state index contributed by atoms with van der Waals surface area (Å²) in [5.41, 5.74) is 0.827. The Morgan fingerprint density at radius 2 is 1.84 bits per heavy atom. The van der Waals surface area contributed by atoms with Crippen LogP contribution in [0, 0.1) is 0 Å². The third-order valence-corrected chi connectivity index (χ3v) is 5.66. The quantitative estimate of drug-likeness (QED) is 0.617. The summed E-state index contributed by atoms with van der Waals surface area (Å²) in [6.45, 7) is 1.44. The molecule has 1 heterocycles. The van der Waals surface area contributed by atoms with Crippen molar-refractivity contribution in [3.63, 3.8) is 0 Å². The number of hydrogen-bond donors (Lipinski definition) is 2. The lowest BCUT2D eigenvalue weighted by molar-refractivity contribution is -0.135. The first-order chi connectivity index (χ1) is 11.9. The number of nitrogens with one attached hydrogen (secondary N) is 2. The number of halogens is 1. The molecule has 3 aromatic rings. The van der Waals surface area contributed by atoms with Gasteiger partial charge in [-0.05, 0) is 43.3 Å². The fourth-order valence-electron chi connectivity index (χ4n) is 2.29. The number of aromatic nitrogens is 1. The molecule has 2 aromatic carbocycles. The van der Waals surface area contributed by atoms with Gasteiger partial charge in [0.15, 0.2) is 5.75 Å². The lowest BCUT2D eigenvalue weighted by Crippen LogP contribution is -2.40. The maximum absolute atomic E-state index is 12.3. The number of H-pyrrole nitrogens is 1. The minimum absolute atomic E-state index is 0.0717. The van der Waals surface area contributed by atoms with Crippen molar-refractivity contribution >= 4 is 42.8 Å². The van der Waals surface area contributed by atoms with Crippen LogP contribution in [0.4, 0.5) is 0 Å². The smallest absolute Gasteiger partial charge is 0.329 e. The first kappa shape index (κ1) is 17.7. The van der Waals surface area contributed by atoms with E-state index in [4.69, 9.17) is 4.74 Å². The lowest BCUT2D eigenvalue weighted by Gasteiger charge is -2.13. The number of fused-ring (bicyclic) bond motifs is 1. The van der Waals surface area contributed by atoms with Crippen LogP contribution in [-0.4, -0.2) is 25.4 Å². The standard InChI is InChI=1S/C17H15BrN2O4S/c1-11(20-25(22,23)13-8-6-12(18)7-9-13)17(21)24-16-10-19-15-5-3-2-4-14(15)16/h2-11,19-20H,1H3/t11-/m0/s1. The van der Waals surface area contributed by atoms with E-state index in [9.17, 15) is 13.2 Å². The van der Waals surface area contributed by atoms with Crippen LogP contribution in [0.25, 0.3) is 10.9 Å². The van der Waals surface area contributed by atoms with E-state index in [0.29, 0.717) is 5.75 Å². The monoisotopic (exact) mass is 422 g/mol. The highest BCUT2D eigenvalue weighted by Gasteiger charge is 2.24. The topological polar surface area (TPSA) is 88.3 Å². The summed E-state index contributed by atoms with van der Waals surface area (Å²) < 4.78 is 33.1. The number of aromatic amines is 1. The van der Waals surface area contributed by atoms with Crippen LogP contribution in [0.2, 0.25) is 0 Å². The molecule has 0 spiro atoms. The summed E-state index contributed by atoms with van der Waals surface area (Å²) in [6.07, 6.45) is 1.57. The van der Waals surface area contributed by atoms with Crippen molar-refractivity contribution in [2.45, 2.75) is 17.9 Å². The SMILES string of the molecule is C[C@H](NS(=O)(=O)c1ccc(Br)cc1)C(=O)Oc1c[nH]c2ccccc12. The van der Waals surface area contributed by atoms with Gasteiger partial charge in [-0.1, -0.05) is 28.1 Å². The predicted molar refractivity (Wildman–Crippen MR) is 97.9 cm³/mol. The summed E-state index contributed by atoms with van der Waals surface area (Å²) in [7, 11) is -3.82. The Hall–Kier alpha value is -2.16. The van der Waals surface area contributed by atoms with Gasteiger partial charge >= 0.3 is 5.97 Å². The molecule has 1 aromatic heterocycles. The van der Waals surface area contributed by atoms with E-state index >= 15 is 0 Å². The second kappa shape index (κ2) is 6.99. The zero-order valence-corrected chi connectivity index (χ0v) is 15.6. The number of para-hydroxylation sites is 1. The van der Waals surface area contributed by atoms with Gasteiger partial charge in [0.2, 0.25) is 10.0 Å². The van der Waals surface area contributed by atoms with E-state index in [0.717, 1.165) is 15.4 Å². The molecular weight excluding hydrogens is 408 g/mol. The summed E-state index contributed by atoms with van der Waals surface area (Å²) >= 11 is 3.25. The number of benzene rings is 2. The van der Waals surface area contributed by atoms with Crippen molar-refractivity contribution in [3.8, 4) is 5.75 Å². The molecule has 0 saturated carbocycles. The van der Waals surface area contributed by atoms with Crippen LogP contribution in [0.15, 0.2) is 64.1 Å². The van der Waals surface area contributed by atoms with Crippen molar-refractivity contribution in [1.82, 2.24) is 9.71 Å². The Balaban J connectivity index is 1.73. The van der Waals surface area contributed by atoms with Crippen LogP contribution in [-0.2, 0) is 14.8 Å². The molecule has 0 aliphatic rings. The average molecular weight is 423 g/mol. The minimum atomic E-state index is -3.82. The Morgan fingerprint density at radius 1 is 1.16 bits per heavy atom. The molecular formula is C17H15BrN2O4S. The molecule has 0 saturated heterocycles. The summed E-state index contributed by atoms with van der Waals surface area (Å²) in [5, 5.41) is 0.749. The minimum Gasteiger partial charge on any atom is -0.423 e. The van der Waals surface area contributed by atoms with Gasteiger partial charge in [-0.25, -0.2) is 13.2 Å². The molecule has 0 aliphatic heterocycles. The van der Waals surface area contributed by atoms with Gasteiger partial charge in [0, 0.05) is 21.6 Å². The van der Waals surface area contributed by atoms with Gasteiger partial charge in [0.1, 0.15) is 6.04 Å². The number of ether oxygens (including phenoxy) is 1. The van der Waals surface area contributed by atoms with Gasteiger partial charge in [0.25, 0.3) is 0 Å². The summed E-state index contributed by atoms with van der Waals surface area (Å²) in [5.74, 6) is -0.333.